The Bertz CT molecular complexity index is 755. The zero-order valence-electron chi connectivity index (χ0n) is 13.6. The van der Waals surface area contributed by atoms with Gasteiger partial charge in [0.2, 0.25) is 0 Å². The first kappa shape index (κ1) is 17.9. The van der Waals surface area contributed by atoms with Crippen molar-refractivity contribution in [2.45, 2.75) is 13.8 Å². The van der Waals surface area contributed by atoms with Crippen LogP contribution in [0.3, 0.4) is 0 Å². The minimum absolute atomic E-state index is 0.0817. The predicted molar refractivity (Wildman–Crippen MR) is 101 cm³/mol. The number of carbonyl (C=O) groups is 1. The number of carbonyl (C=O) groups excluding carboxylic acids is 1. The molecule has 0 saturated heterocycles. The van der Waals surface area contributed by atoms with Gasteiger partial charge in [-0.3, -0.25) is 4.79 Å². The van der Waals surface area contributed by atoms with Gasteiger partial charge >= 0.3 is 0 Å². The van der Waals surface area contributed by atoms with Crippen LogP contribution in [0.15, 0.2) is 64.2 Å². The monoisotopic (exact) mass is 386 g/mol. The van der Waals surface area contributed by atoms with Gasteiger partial charge in [0, 0.05) is 4.47 Å². The summed E-state index contributed by atoms with van der Waals surface area (Å²) < 4.78 is 6.47. The second-order valence-corrected chi connectivity index (χ2v) is 6.15. The summed E-state index contributed by atoms with van der Waals surface area (Å²) in [6.07, 6.45) is 3.78. The largest absolute Gasteiger partial charge is 0.483 e. The van der Waals surface area contributed by atoms with Crippen molar-refractivity contribution in [3.05, 3.63) is 70.2 Å². The van der Waals surface area contributed by atoms with Gasteiger partial charge in [-0.2, -0.15) is 5.10 Å². The smallest absolute Gasteiger partial charge is 0.277 e. The molecule has 1 amide bonds. The van der Waals surface area contributed by atoms with Crippen molar-refractivity contribution in [2.24, 2.45) is 5.10 Å². The number of nitrogens with zero attached hydrogens (tertiary/aromatic N) is 1. The molecule has 0 heterocycles. The molecule has 0 saturated carbocycles. The van der Waals surface area contributed by atoms with Gasteiger partial charge < -0.3 is 4.74 Å². The van der Waals surface area contributed by atoms with E-state index in [-0.39, 0.29) is 12.5 Å². The highest BCUT2D eigenvalue weighted by Crippen LogP contribution is 2.21. The average molecular weight is 387 g/mol. The molecule has 4 nitrogen and oxygen atoms in total. The first-order valence-corrected chi connectivity index (χ1v) is 8.29. The maximum Gasteiger partial charge on any atom is 0.277 e. The van der Waals surface area contributed by atoms with Crippen LogP contribution in [0.2, 0.25) is 0 Å². The minimum Gasteiger partial charge on any atom is -0.483 e. The topological polar surface area (TPSA) is 50.7 Å². The van der Waals surface area contributed by atoms with Crippen molar-refractivity contribution in [1.29, 1.82) is 0 Å². The zero-order valence-corrected chi connectivity index (χ0v) is 15.2. The number of hydrazone groups is 1. The summed E-state index contributed by atoms with van der Waals surface area (Å²) in [6, 6.07) is 15.5. The molecule has 5 heteroatoms. The molecule has 0 bridgehead atoms. The highest BCUT2D eigenvalue weighted by molar-refractivity contribution is 9.10. The Morgan fingerprint density at radius 2 is 2.00 bits per heavy atom. The van der Waals surface area contributed by atoms with E-state index >= 15 is 0 Å². The molecule has 0 spiro atoms. The van der Waals surface area contributed by atoms with E-state index in [4.69, 9.17) is 4.74 Å². The van der Waals surface area contributed by atoms with Crippen molar-refractivity contribution in [1.82, 2.24) is 5.43 Å². The van der Waals surface area contributed by atoms with Crippen molar-refractivity contribution < 1.29 is 9.53 Å². The summed E-state index contributed by atoms with van der Waals surface area (Å²) >= 11 is 3.39. The summed E-state index contributed by atoms with van der Waals surface area (Å²) in [5.41, 5.74) is 5.22. The standard InChI is InChI=1S/C19H19BrN2O2/c1-14-12-17(20)10-11-18(14)24-13-19(23)22-21-15(2)8-9-16-6-4-3-5-7-16/h3-12H,13H2,1-2H3,(H,22,23)/b9-8+,21-15?. The number of benzene rings is 2. The van der Waals surface area contributed by atoms with Crippen molar-refractivity contribution in [3.63, 3.8) is 0 Å². The number of rotatable bonds is 6. The molecule has 1 N–H and O–H groups in total. The average Bonchev–Trinajstić information content (AvgIpc) is 2.58. The van der Waals surface area contributed by atoms with Crippen molar-refractivity contribution in [2.75, 3.05) is 6.61 Å². The fraction of sp³-hybridized carbons (Fsp3) is 0.158. The summed E-state index contributed by atoms with van der Waals surface area (Å²) in [4.78, 5) is 11.8. The van der Waals surface area contributed by atoms with Gasteiger partial charge in [0.15, 0.2) is 6.61 Å². The minimum atomic E-state index is -0.301. The Labute approximate surface area is 150 Å². The predicted octanol–water partition coefficient (Wildman–Crippen LogP) is 4.34. The van der Waals surface area contributed by atoms with Gasteiger partial charge in [0.25, 0.3) is 5.91 Å². The lowest BCUT2D eigenvalue weighted by molar-refractivity contribution is -0.123. The number of halogens is 1. The SMILES string of the molecule is CC(/C=C/c1ccccc1)=NNC(=O)COc1ccc(Br)cc1C. The number of aryl methyl sites for hydroxylation is 1. The quantitative estimate of drug-likeness (QED) is 0.592. The Hall–Kier alpha value is -2.40. The van der Waals surface area contributed by atoms with E-state index < -0.39 is 0 Å². The van der Waals surface area contributed by atoms with E-state index in [2.05, 4.69) is 26.5 Å². The van der Waals surface area contributed by atoms with Crippen molar-refractivity contribution in [3.8, 4) is 5.75 Å². The van der Waals surface area contributed by atoms with Gasteiger partial charge in [0.1, 0.15) is 5.75 Å². The summed E-state index contributed by atoms with van der Waals surface area (Å²) in [6.45, 7) is 3.66. The number of allylic oxidation sites excluding steroid dienone is 1. The number of hydrogen-bond acceptors (Lipinski definition) is 3. The number of nitrogens with one attached hydrogen (secondary N) is 1. The Kier molecular flexibility index (Phi) is 6.75. The lowest BCUT2D eigenvalue weighted by Gasteiger charge is -2.08. The highest BCUT2D eigenvalue weighted by Gasteiger charge is 2.04. The number of ether oxygens (including phenoxy) is 1. The van der Waals surface area contributed by atoms with Crippen LogP contribution in [0.1, 0.15) is 18.1 Å². The molecule has 2 rings (SSSR count). The van der Waals surface area contributed by atoms with Crippen LogP contribution in [0.25, 0.3) is 6.08 Å². The van der Waals surface area contributed by atoms with Crippen LogP contribution in [0, 0.1) is 6.92 Å². The molecule has 124 valence electrons. The molecule has 0 unspecified atom stereocenters. The van der Waals surface area contributed by atoms with E-state index in [0.29, 0.717) is 11.5 Å². The van der Waals surface area contributed by atoms with Crippen molar-refractivity contribution >= 4 is 33.6 Å². The zero-order chi connectivity index (χ0) is 17.4. The summed E-state index contributed by atoms with van der Waals surface area (Å²) in [7, 11) is 0. The Morgan fingerprint density at radius 3 is 2.71 bits per heavy atom. The third-order valence-corrected chi connectivity index (χ3v) is 3.66. The molecule has 0 aliphatic carbocycles. The second kappa shape index (κ2) is 9.03. The lowest BCUT2D eigenvalue weighted by Crippen LogP contribution is -2.25. The number of hydrogen-bond donors (Lipinski definition) is 1. The van der Waals surface area contributed by atoms with Crippen LogP contribution >= 0.6 is 15.9 Å². The van der Waals surface area contributed by atoms with E-state index in [1.807, 2.05) is 74.5 Å². The Morgan fingerprint density at radius 1 is 1.25 bits per heavy atom. The fourth-order valence-corrected chi connectivity index (χ4v) is 2.39. The van der Waals surface area contributed by atoms with E-state index in [1.54, 1.807) is 0 Å². The van der Waals surface area contributed by atoms with Crippen LogP contribution in [0.5, 0.6) is 5.75 Å². The first-order valence-electron chi connectivity index (χ1n) is 7.50. The molecular formula is C19H19BrN2O2. The van der Waals surface area contributed by atoms with Crippen LogP contribution in [-0.2, 0) is 4.79 Å². The first-order chi connectivity index (χ1) is 11.5. The lowest BCUT2D eigenvalue weighted by atomic mass is 10.2. The van der Waals surface area contributed by atoms with Gasteiger partial charge in [-0.25, -0.2) is 5.43 Å². The fourth-order valence-electron chi connectivity index (χ4n) is 1.92. The van der Waals surface area contributed by atoms with Crippen LogP contribution < -0.4 is 10.2 Å². The van der Waals surface area contributed by atoms with E-state index in [0.717, 1.165) is 15.6 Å². The van der Waals surface area contributed by atoms with Gasteiger partial charge in [-0.1, -0.05) is 52.3 Å². The molecule has 0 atom stereocenters. The molecular weight excluding hydrogens is 368 g/mol. The maximum absolute atomic E-state index is 11.8. The van der Waals surface area contributed by atoms with Gasteiger partial charge in [-0.15, -0.1) is 0 Å². The molecule has 0 aliphatic heterocycles. The Balaban J connectivity index is 1.82. The van der Waals surface area contributed by atoms with Gasteiger partial charge in [-0.05, 0) is 49.2 Å². The number of amides is 1. The molecule has 2 aromatic carbocycles. The molecule has 2 aromatic rings. The maximum atomic E-state index is 11.8. The van der Waals surface area contributed by atoms with Crippen LogP contribution in [0.4, 0.5) is 0 Å². The summed E-state index contributed by atoms with van der Waals surface area (Å²) in [5, 5.41) is 4.03. The molecule has 0 aromatic heterocycles. The highest BCUT2D eigenvalue weighted by atomic mass is 79.9. The van der Waals surface area contributed by atoms with Crippen LogP contribution in [-0.4, -0.2) is 18.2 Å². The van der Waals surface area contributed by atoms with E-state index in [1.165, 1.54) is 0 Å². The van der Waals surface area contributed by atoms with Gasteiger partial charge in [0.05, 0.1) is 5.71 Å². The third kappa shape index (κ3) is 6.01. The molecule has 0 fully saturated rings. The normalized spacial score (nSPS) is 11.5. The molecule has 0 aliphatic rings. The summed E-state index contributed by atoms with van der Waals surface area (Å²) in [5.74, 6) is 0.378. The molecule has 0 radical (unpaired) electrons. The molecule has 24 heavy (non-hydrogen) atoms. The third-order valence-electron chi connectivity index (χ3n) is 3.17. The second-order valence-electron chi connectivity index (χ2n) is 5.23. The van der Waals surface area contributed by atoms with E-state index in [9.17, 15) is 4.79 Å².